The van der Waals surface area contributed by atoms with Gasteiger partial charge in [0, 0.05) is 79.0 Å². The van der Waals surface area contributed by atoms with Crippen molar-refractivity contribution in [3.63, 3.8) is 0 Å². The maximum absolute atomic E-state index is 2.44. The molecule has 128 heavy (non-hydrogen) atoms. The molecular weight excluding hydrogens is 1550 g/mol. The Balaban J connectivity index is 0.000000151. The van der Waals surface area contributed by atoms with Crippen molar-refractivity contribution in [2.75, 3.05) is 19.6 Å². The van der Waals surface area contributed by atoms with Gasteiger partial charge in [-0.15, -0.1) is 0 Å². The molecule has 0 aliphatic heterocycles. The molecule has 0 saturated carbocycles. The fourth-order valence-corrected chi connectivity index (χ4v) is 19.9. The highest BCUT2D eigenvalue weighted by molar-refractivity contribution is 6.11. The van der Waals surface area contributed by atoms with Gasteiger partial charge in [-0.2, -0.15) is 0 Å². The van der Waals surface area contributed by atoms with Gasteiger partial charge in [0.15, 0.2) is 0 Å². The minimum absolute atomic E-state index is 0.108. The third-order valence-electron chi connectivity index (χ3n) is 26.5. The van der Waals surface area contributed by atoms with E-state index < -0.39 is 0 Å². The molecule has 0 unspecified atom stereocenters. The first kappa shape index (κ1) is 77.9. The van der Waals surface area contributed by atoms with Gasteiger partial charge in [-0.3, -0.25) is 0 Å². The summed E-state index contributed by atoms with van der Waals surface area (Å²) in [5.74, 6) is 0. The molecule has 0 radical (unpaired) electrons. The topological polar surface area (TPSA) is 13.0 Å². The summed E-state index contributed by atoms with van der Waals surface area (Å²) in [4.78, 5) is 9.62. The Morgan fingerprint density at radius 2 is 0.375 bits per heavy atom. The summed E-state index contributed by atoms with van der Waals surface area (Å²) < 4.78 is 0. The van der Waals surface area contributed by atoms with Crippen molar-refractivity contribution in [3.05, 3.63) is 508 Å². The molecule has 21 aromatic carbocycles. The molecular formula is C124H92N4. The van der Waals surface area contributed by atoms with Crippen LogP contribution < -0.4 is 19.6 Å². The first-order valence-corrected chi connectivity index (χ1v) is 44.4. The van der Waals surface area contributed by atoms with Gasteiger partial charge in [-0.1, -0.05) is 373 Å². The smallest absolute Gasteiger partial charge is 0.0540 e. The van der Waals surface area contributed by atoms with Crippen LogP contribution in [0.15, 0.2) is 485 Å². The van der Waals surface area contributed by atoms with Crippen molar-refractivity contribution in [2.24, 2.45) is 0 Å². The van der Waals surface area contributed by atoms with Crippen LogP contribution in [0.3, 0.4) is 0 Å². The van der Waals surface area contributed by atoms with Crippen LogP contribution in [-0.2, 0) is 10.8 Å². The van der Waals surface area contributed by atoms with E-state index in [1.165, 1.54) is 132 Å². The van der Waals surface area contributed by atoms with Crippen molar-refractivity contribution < 1.29 is 0 Å². The normalized spacial score (nSPS) is 12.5. The standard InChI is InChI=1S/C65H48N2.C59H44N2/c1-65(2)62-23-13-11-22-59(62)60-42-41-56(44-63(60)65)66(52-34-27-46(28-35-52)45-15-5-3-6-16-45)53-36-29-47(30-37-53)48-31-38-54(39-32-48)67(64-24-14-12-21-58(64)49-17-7-4-8-18-49)55-40-33-51-26-25-50-19-9-10-20-57(50)61(51)43-55;1-59(2)57-39-51(60(47-19-10-5-11-20-47)48-29-24-43(25-30-48)41-14-6-3-7-15-41)34-36-54(57)55-37-35-52(40-58(55)59)61(49-31-26-44(27-32-49)42-16-8-4-9-17-42)50-33-28-46-23-22-45-18-12-13-21-53(45)56(46)38-50/h3-44H,1-2H3;3-40H,1-2H3. The Morgan fingerprint density at radius 3 is 0.766 bits per heavy atom. The van der Waals surface area contributed by atoms with Crippen molar-refractivity contribution in [2.45, 2.75) is 38.5 Å². The second-order valence-electron chi connectivity index (χ2n) is 34.8. The van der Waals surface area contributed by atoms with Gasteiger partial charge in [0.1, 0.15) is 0 Å². The quantitative estimate of drug-likeness (QED) is 0.0843. The van der Waals surface area contributed by atoms with Crippen LogP contribution in [0, 0.1) is 0 Å². The zero-order valence-corrected chi connectivity index (χ0v) is 72.0. The van der Waals surface area contributed by atoms with E-state index in [1.807, 2.05) is 0 Å². The number of nitrogens with zero attached hydrogens (tertiary/aromatic N) is 4. The highest BCUT2D eigenvalue weighted by Crippen LogP contribution is 2.55. The van der Waals surface area contributed by atoms with E-state index in [1.54, 1.807) is 0 Å². The molecule has 4 heteroatoms. The van der Waals surface area contributed by atoms with Crippen LogP contribution >= 0.6 is 0 Å². The van der Waals surface area contributed by atoms with Gasteiger partial charge in [0.25, 0.3) is 0 Å². The molecule has 0 bridgehead atoms. The summed E-state index contributed by atoms with van der Waals surface area (Å²) >= 11 is 0. The maximum Gasteiger partial charge on any atom is 0.0540 e. The third-order valence-corrected chi connectivity index (χ3v) is 26.5. The lowest BCUT2D eigenvalue weighted by molar-refractivity contribution is 0.660. The average Bonchev–Trinajstić information content (AvgIpc) is 1.57. The number of hydrogen-bond donors (Lipinski definition) is 0. The van der Waals surface area contributed by atoms with Crippen molar-refractivity contribution >= 4 is 111 Å². The van der Waals surface area contributed by atoms with Gasteiger partial charge >= 0.3 is 0 Å². The Hall–Kier alpha value is -16.1. The number of anilines is 12. The van der Waals surface area contributed by atoms with Crippen LogP contribution in [0.25, 0.3) is 121 Å². The molecule has 2 aliphatic rings. The van der Waals surface area contributed by atoms with Crippen LogP contribution in [0.5, 0.6) is 0 Å². The summed E-state index contributed by atoms with van der Waals surface area (Å²) in [7, 11) is 0. The summed E-state index contributed by atoms with van der Waals surface area (Å²) in [6.07, 6.45) is 0. The second-order valence-corrected chi connectivity index (χ2v) is 34.8. The van der Waals surface area contributed by atoms with Crippen LogP contribution in [0.4, 0.5) is 68.2 Å². The van der Waals surface area contributed by atoms with E-state index in [9.17, 15) is 0 Å². The SMILES string of the molecule is CC1(C)c2cc(N(c3ccccc3)c3ccc(-c4ccccc4)cc3)ccc2-c2ccc(N(c3ccc(-c4ccccc4)cc3)c3ccc4ccc5ccccc5c4c3)cc21.CC1(C)c2ccccc2-c2ccc(N(c3ccc(-c4ccccc4)cc3)c3ccc(-c4ccc(N(c5ccc6ccc7ccccc7c6c5)c5ccccc5-c5ccccc5)cc4)cc3)cc21. The number of para-hydroxylation sites is 2. The fraction of sp³-hybridized carbons (Fsp3) is 0.0484. The Kier molecular flexibility index (Phi) is 20.0. The van der Waals surface area contributed by atoms with Crippen molar-refractivity contribution in [1.29, 1.82) is 0 Å². The minimum atomic E-state index is -0.251. The van der Waals surface area contributed by atoms with Crippen LogP contribution in [0.2, 0.25) is 0 Å². The summed E-state index contributed by atoms with van der Waals surface area (Å²) in [5, 5.41) is 9.96. The summed E-state index contributed by atoms with van der Waals surface area (Å²) in [5.41, 5.74) is 35.6. The molecule has 0 fully saturated rings. The van der Waals surface area contributed by atoms with Gasteiger partial charge in [0.05, 0.1) is 5.69 Å². The minimum Gasteiger partial charge on any atom is -0.310 e. The zero-order chi connectivity index (χ0) is 85.8. The largest absolute Gasteiger partial charge is 0.310 e. The number of rotatable bonds is 17. The first-order chi connectivity index (χ1) is 63.0. The molecule has 608 valence electrons. The highest BCUT2D eigenvalue weighted by Gasteiger charge is 2.39. The van der Waals surface area contributed by atoms with Gasteiger partial charge in [-0.05, 0) is 277 Å². The zero-order valence-electron chi connectivity index (χ0n) is 72.0. The number of hydrogen-bond acceptors (Lipinski definition) is 4. The average molecular weight is 1640 g/mol. The molecule has 21 aromatic rings. The molecule has 0 spiro atoms. The van der Waals surface area contributed by atoms with Crippen molar-refractivity contribution in [3.8, 4) is 77.9 Å². The maximum atomic E-state index is 2.44. The highest BCUT2D eigenvalue weighted by atomic mass is 15.2. The molecule has 0 N–H and O–H groups in total. The molecule has 4 nitrogen and oxygen atoms in total. The molecule has 0 heterocycles. The third kappa shape index (κ3) is 14.4. The number of benzene rings is 21. The van der Waals surface area contributed by atoms with E-state index in [2.05, 4.69) is 533 Å². The molecule has 0 atom stereocenters. The predicted molar refractivity (Wildman–Crippen MR) is 544 cm³/mol. The first-order valence-electron chi connectivity index (χ1n) is 44.4. The Bertz CT molecular complexity index is 7680. The predicted octanol–water partition coefficient (Wildman–Crippen LogP) is 34.8. The van der Waals surface area contributed by atoms with Crippen LogP contribution in [0.1, 0.15) is 49.9 Å². The van der Waals surface area contributed by atoms with E-state index in [4.69, 9.17) is 0 Å². The lowest BCUT2D eigenvalue weighted by Gasteiger charge is -2.29. The second kappa shape index (κ2) is 32.8. The summed E-state index contributed by atoms with van der Waals surface area (Å²) in [6, 6.07) is 177. The van der Waals surface area contributed by atoms with Gasteiger partial charge in [0.2, 0.25) is 0 Å². The Morgan fingerprint density at radius 1 is 0.141 bits per heavy atom. The summed E-state index contributed by atoms with van der Waals surface area (Å²) in [6.45, 7) is 9.47. The monoisotopic (exact) mass is 1640 g/mol. The van der Waals surface area contributed by atoms with E-state index in [-0.39, 0.29) is 10.8 Å². The molecule has 23 rings (SSSR count). The molecule has 0 amide bonds. The molecule has 0 saturated heterocycles. The molecule has 0 aromatic heterocycles. The van der Waals surface area contributed by atoms with E-state index in [0.717, 1.165) is 79.4 Å². The lowest BCUT2D eigenvalue weighted by Crippen LogP contribution is -2.17. The van der Waals surface area contributed by atoms with Gasteiger partial charge in [-0.25, -0.2) is 0 Å². The molecule has 2 aliphatic carbocycles. The Labute approximate surface area is 749 Å². The van der Waals surface area contributed by atoms with E-state index in [0.29, 0.717) is 0 Å². The fourth-order valence-electron chi connectivity index (χ4n) is 19.9. The van der Waals surface area contributed by atoms with E-state index >= 15 is 0 Å². The lowest BCUT2D eigenvalue weighted by atomic mass is 9.82. The number of fused-ring (bicyclic) bond motifs is 12. The van der Waals surface area contributed by atoms with Crippen molar-refractivity contribution in [1.82, 2.24) is 0 Å². The van der Waals surface area contributed by atoms with Crippen LogP contribution in [-0.4, -0.2) is 0 Å². The van der Waals surface area contributed by atoms with Gasteiger partial charge < -0.3 is 19.6 Å².